The van der Waals surface area contributed by atoms with E-state index in [-0.39, 0.29) is 12.3 Å². The summed E-state index contributed by atoms with van der Waals surface area (Å²) in [4.78, 5) is 12.6. The van der Waals surface area contributed by atoms with Crippen molar-refractivity contribution in [3.63, 3.8) is 0 Å². The highest BCUT2D eigenvalue weighted by molar-refractivity contribution is 6.42. The summed E-state index contributed by atoms with van der Waals surface area (Å²) in [6.45, 7) is 2.42. The Labute approximate surface area is 201 Å². The quantitative estimate of drug-likeness (QED) is 0.296. The molecular formula is C25H21Cl2N3O3. The van der Waals surface area contributed by atoms with Crippen molar-refractivity contribution in [3.05, 3.63) is 88.0 Å². The first kappa shape index (κ1) is 22.8. The van der Waals surface area contributed by atoms with Crippen LogP contribution in [0, 0.1) is 0 Å². The number of halogens is 2. The van der Waals surface area contributed by atoms with E-state index in [1.807, 2.05) is 60.7 Å². The van der Waals surface area contributed by atoms with Gasteiger partial charge in [0, 0.05) is 5.56 Å². The largest absolute Gasteiger partial charge is 0.497 e. The zero-order valence-corrected chi connectivity index (χ0v) is 19.6. The molecule has 0 saturated carbocycles. The van der Waals surface area contributed by atoms with Crippen LogP contribution in [0.2, 0.25) is 10.0 Å². The first-order chi connectivity index (χ1) is 16.0. The minimum absolute atomic E-state index is 0.164. The lowest BCUT2D eigenvalue weighted by molar-refractivity contribution is 0.0520. The topological polar surface area (TPSA) is 66.2 Å². The molecule has 4 aromatic rings. The monoisotopic (exact) mass is 481 g/mol. The normalized spacial score (nSPS) is 10.8. The van der Waals surface area contributed by atoms with E-state index in [0.717, 1.165) is 28.0 Å². The van der Waals surface area contributed by atoms with Gasteiger partial charge in [-0.05, 0) is 53.9 Å². The van der Waals surface area contributed by atoms with Crippen LogP contribution in [0.5, 0.6) is 5.75 Å². The summed E-state index contributed by atoms with van der Waals surface area (Å²) in [5.74, 6) is 0.243. The SMILES string of the molecule is CCOC(=O)c1nnn(Cc2ccc(OC)cc2)c1-c1cccc(-c2ccc(Cl)c(Cl)c2)c1. The summed E-state index contributed by atoms with van der Waals surface area (Å²) >= 11 is 12.3. The number of aromatic nitrogens is 3. The highest BCUT2D eigenvalue weighted by atomic mass is 35.5. The van der Waals surface area contributed by atoms with E-state index in [1.54, 1.807) is 24.8 Å². The van der Waals surface area contributed by atoms with Gasteiger partial charge in [0.15, 0.2) is 5.69 Å². The number of ether oxygens (including phenoxy) is 2. The molecule has 0 atom stereocenters. The Morgan fingerprint density at radius 3 is 2.36 bits per heavy atom. The van der Waals surface area contributed by atoms with E-state index in [9.17, 15) is 4.79 Å². The number of carbonyl (C=O) groups excluding carboxylic acids is 1. The molecule has 0 N–H and O–H groups in total. The molecular weight excluding hydrogens is 461 g/mol. The van der Waals surface area contributed by atoms with Crippen LogP contribution in [0.3, 0.4) is 0 Å². The van der Waals surface area contributed by atoms with Gasteiger partial charge in [0.25, 0.3) is 0 Å². The fourth-order valence-electron chi connectivity index (χ4n) is 3.47. The van der Waals surface area contributed by atoms with Gasteiger partial charge in [-0.2, -0.15) is 0 Å². The fourth-order valence-corrected chi connectivity index (χ4v) is 3.77. The lowest BCUT2D eigenvalue weighted by atomic mass is 10.0. The Bertz CT molecular complexity index is 1290. The van der Waals surface area contributed by atoms with Gasteiger partial charge in [-0.15, -0.1) is 5.10 Å². The summed E-state index contributed by atoms with van der Waals surface area (Å²) in [5, 5.41) is 9.36. The van der Waals surface area contributed by atoms with Gasteiger partial charge >= 0.3 is 5.97 Å². The molecule has 0 aliphatic heterocycles. The average Bonchev–Trinajstić information content (AvgIpc) is 3.25. The van der Waals surface area contributed by atoms with Crippen LogP contribution in [0.1, 0.15) is 23.0 Å². The summed E-state index contributed by atoms with van der Waals surface area (Å²) in [6.07, 6.45) is 0. The molecule has 1 aromatic heterocycles. The molecule has 0 fully saturated rings. The van der Waals surface area contributed by atoms with Crippen molar-refractivity contribution < 1.29 is 14.3 Å². The molecule has 0 radical (unpaired) electrons. The molecule has 8 heteroatoms. The number of hydrogen-bond donors (Lipinski definition) is 0. The maximum atomic E-state index is 12.6. The molecule has 0 saturated heterocycles. The van der Waals surface area contributed by atoms with Gasteiger partial charge in [-0.3, -0.25) is 0 Å². The van der Waals surface area contributed by atoms with E-state index < -0.39 is 5.97 Å². The number of methoxy groups -OCH3 is 1. The predicted molar refractivity (Wildman–Crippen MR) is 129 cm³/mol. The molecule has 0 unspecified atom stereocenters. The van der Waals surface area contributed by atoms with Crippen molar-refractivity contribution in [3.8, 4) is 28.1 Å². The van der Waals surface area contributed by atoms with Crippen LogP contribution in [0.15, 0.2) is 66.7 Å². The second-order valence-corrected chi connectivity index (χ2v) is 8.04. The fraction of sp³-hybridized carbons (Fsp3) is 0.160. The molecule has 33 heavy (non-hydrogen) atoms. The summed E-state index contributed by atoms with van der Waals surface area (Å²) in [7, 11) is 1.62. The lowest BCUT2D eigenvalue weighted by Gasteiger charge is -2.11. The van der Waals surface area contributed by atoms with Crippen molar-refractivity contribution in [2.24, 2.45) is 0 Å². The number of benzene rings is 3. The van der Waals surface area contributed by atoms with Gasteiger partial charge < -0.3 is 9.47 Å². The van der Waals surface area contributed by atoms with E-state index in [2.05, 4.69) is 10.3 Å². The second kappa shape index (κ2) is 10.1. The van der Waals surface area contributed by atoms with E-state index in [4.69, 9.17) is 32.7 Å². The number of hydrogen-bond acceptors (Lipinski definition) is 5. The predicted octanol–water partition coefficient (Wildman–Crippen LogP) is 6.15. The zero-order valence-electron chi connectivity index (χ0n) is 18.1. The van der Waals surface area contributed by atoms with Crippen LogP contribution in [0.25, 0.3) is 22.4 Å². The van der Waals surface area contributed by atoms with E-state index in [1.165, 1.54) is 0 Å². The maximum Gasteiger partial charge on any atom is 0.361 e. The molecule has 6 nitrogen and oxygen atoms in total. The smallest absolute Gasteiger partial charge is 0.361 e. The van der Waals surface area contributed by atoms with Crippen LogP contribution in [-0.2, 0) is 11.3 Å². The third-order valence-electron chi connectivity index (χ3n) is 5.08. The van der Waals surface area contributed by atoms with Gasteiger partial charge in [-0.25, -0.2) is 9.48 Å². The molecule has 0 bridgehead atoms. The summed E-state index contributed by atoms with van der Waals surface area (Å²) < 4.78 is 12.2. The van der Waals surface area contributed by atoms with E-state index in [0.29, 0.717) is 22.3 Å². The lowest BCUT2D eigenvalue weighted by Crippen LogP contribution is -2.09. The second-order valence-electron chi connectivity index (χ2n) is 7.22. The van der Waals surface area contributed by atoms with Crippen LogP contribution in [-0.4, -0.2) is 34.7 Å². The Morgan fingerprint density at radius 2 is 1.67 bits per heavy atom. The standard InChI is InChI=1S/C25H21Cl2N3O3/c1-3-33-25(31)23-24(30(29-28-23)15-16-7-10-20(32-2)11-8-16)19-6-4-5-17(13-19)18-9-12-21(26)22(27)14-18/h4-14H,3,15H2,1-2H3. The highest BCUT2D eigenvalue weighted by Crippen LogP contribution is 2.32. The van der Waals surface area contributed by atoms with Crippen molar-refractivity contribution in [1.29, 1.82) is 0 Å². The molecule has 0 amide bonds. The Balaban J connectivity index is 1.78. The Kier molecular flexibility index (Phi) is 6.96. The number of esters is 1. The Morgan fingerprint density at radius 1 is 0.939 bits per heavy atom. The minimum Gasteiger partial charge on any atom is -0.497 e. The highest BCUT2D eigenvalue weighted by Gasteiger charge is 2.23. The van der Waals surface area contributed by atoms with Crippen molar-refractivity contribution in [1.82, 2.24) is 15.0 Å². The average molecular weight is 482 g/mol. The maximum absolute atomic E-state index is 12.6. The van der Waals surface area contributed by atoms with Crippen molar-refractivity contribution in [2.45, 2.75) is 13.5 Å². The van der Waals surface area contributed by atoms with Gasteiger partial charge in [0.1, 0.15) is 11.4 Å². The minimum atomic E-state index is -0.520. The number of nitrogens with zero attached hydrogens (tertiary/aromatic N) is 3. The van der Waals surface area contributed by atoms with E-state index >= 15 is 0 Å². The first-order valence-electron chi connectivity index (χ1n) is 10.3. The van der Waals surface area contributed by atoms with Crippen molar-refractivity contribution >= 4 is 29.2 Å². The third kappa shape index (κ3) is 5.02. The van der Waals surface area contributed by atoms with Gasteiger partial charge in [0.05, 0.1) is 30.3 Å². The van der Waals surface area contributed by atoms with Gasteiger partial charge in [0.2, 0.25) is 0 Å². The van der Waals surface area contributed by atoms with Crippen LogP contribution < -0.4 is 4.74 Å². The molecule has 3 aromatic carbocycles. The number of rotatable bonds is 7. The van der Waals surface area contributed by atoms with Gasteiger partial charge in [-0.1, -0.05) is 64.8 Å². The summed E-state index contributed by atoms with van der Waals surface area (Å²) in [6, 6.07) is 20.9. The molecule has 1 heterocycles. The molecule has 0 aliphatic rings. The third-order valence-corrected chi connectivity index (χ3v) is 5.82. The number of carbonyl (C=O) groups is 1. The first-order valence-corrected chi connectivity index (χ1v) is 11.0. The molecule has 168 valence electrons. The zero-order chi connectivity index (χ0) is 23.4. The van der Waals surface area contributed by atoms with Crippen molar-refractivity contribution in [2.75, 3.05) is 13.7 Å². The summed E-state index contributed by atoms with van der Waals surface area (Å²) in [5.41, 5.74) is 4.32. The molecule has 0 spiro atoms. The Hall–Kier alpha value is -3.35. The van der Waals surface area contributed by atoms with Crippen LogP contribution >= 0.6 is 23.2 Å². The van der Waals surface area contributed by atoms with Crippen LogP contribution in [0.4, 0.5) is 0 Å². The molecule has 0 aliphatic carbocycles. The molecule has 4 rings (SSSR count).